The second-order valence-electron chi connectivity index (χ2n) is 3.17. The molecule has 2 heterocycles. The van der Waals surface area contributed by atoms with Gasteiger partial charge in [-0.1, -0.05) is 0 Å². The molecule has 0 unspecified atom stereocenters. The number of hydrogen-bond acceptors (Lipinski definition) is 5. The van der Waals surface area contributed by atoms with Gasteiger partial charge in [-0.05, 0) is 12.1 Å². The Morgan fingerprint density at radius 3 is 3.06 bits per heavy atom. The molecule has 2 rings (SSSR count). The number of aromatic nitrogens is 1. The molecular formula is C9H10N5O2+. The number of rotatable bonds is 2. The lowest BCUT2D eigenvalue weighted by Crippen LogP contribution is -2.42. The molecule has 1 saturated heterocycles. The third-order valence-corrected chi connectivity index (χ3v) is 2.16. The highest BCUT2D eigenvalue weighted by atomic mass is 16.5. The van der Waals surface area contributed by atoms with E-state index in [0.29, 0.717) is 24.7 Å². The van der Waals surface area contributed by atoms with Crippen molar-refractivity contribution in [2.24, 2.45) is 5.11 Å². The van der Waals surface area contributed by atoms with E-state index in [-0.39, 0.29) is 12.5 Å². The second-order valence-corrected chi connectivity index (χ2v) is 3.17. The van der Waals surface area contributed by atoms with Gasteiger partial charge in [0.05, 0.1) is 19.3 Å². The lowest BCUT2D eigenvalue weighted by atomic mass is 10.3. The lowest BCUT2D eigenvalue weighted by Gasteiger charge is -2.25. The minimum atomic E-state index is -0.103. The molecule has 7 nitrogen and oxygen atoms in total. The highest BCUT2D eigenvalue weighted by molar-refractivity contribution is 5.93. The van der Waals surface area contributed by atoms with Gasteiger partial charge >= 0.3 is 0 Å². The molecule has 1 aromatic heterocycles. The average molecular weight is 220 g/mol. The molecule has 1 N–H and O–H groups in total. The molecule has 16 heavy (non-hydrogen) atoms. The van der Waals surface area contributed by atoms with Crippen molar-refractivity contribution in [3.05, 3.63) is 18.3 Å². The Hall–Kier alpha value is -2.11. The summed E-state index contributed by atoms with van der Waals surface area (Å²) >= 11 is 0. The van der Waals surface area contributed by atoms with E-state index in [2.05, 4.69) is 15.0 Å². The van der Waals surface area contributed by atoms with Crippen molar-refractivity contribution >= 4 is 17.4 Å². The lowest BCUT2D eigenvalue weighted by molar-refractivity contribution is -0.125. The Kier molecular flexibility index (Phi) is 3.00. The molecule has 0 spiro atoms. The molecule has 0 bridgehead atoms. The van der Waals surface area contributed by atoms with Crippen LogP contribution < -0.4 is 9.81 Å². The van der Waals surface area contributed by atoms with Crippen molar-refractivity contribution in [2.75, 3.05) is 24.7 Å². The number of ether oxygens (including phenoxy) is 1. The standard InChI is InChI=1S/C9H10N5O2/c10-13-12-7-1-2-8(11-5-7)14-3-4-16-6-9(14)15/h1-2,5,10H,3-4,6H2/q+1. The van der Waals surface area contributed by atoms with Gasteiger partial charge in [-0.15, -0.1) is 0 Å². The third-order valence-electron chi connectivity index (χ3n) is 2.16. The highest BCUT2D eigenvalue weighted by Crippen LogP contribution is 2.17. The first kappa shape index (κ1) is 10.4. The Morgan fingerprint density at radius 2 is 2.44 bits per heavy atom. The van der Waals surface area contributed by atoms with Gasteiger partial charge in [-0.2, -0.15) is 0 Å². The van der Waals surface area contributed by atoms with Crippen LogP contribution in [0, 0.1) is 5.53 Å². The van der Waals surface area contributed by atoms with Gasteiger partial charge in [0.1, 0.15) is 18.0 Å². The molecule has 0 atom stereocenters. The van der Waals surface area contributed by atoms with Gasteiger partial charge in [0.2, 0.25) is 4.91 Å². The first-order valence-electron chi connectivity index (χ1n) is 4.73. The largest absolute Gasteiger partial charge is 0.370 e. The Morgan fingerprint density at radius 1 is 1.56 bits per heavy atom. The van der Waals surface area contributed by atoms with Crippen molar-refractivity contribution in [1.82, 2.24) is 9.90 Å². The monoisotopic (exact) mass is 220 g/mol. The number of carbonyl (C=O) groups excluding carboxylic acids is 1. The van der Waals surface area contributed by atoms with Crippen LogP contribution in [0.1, 0.15) is 0 Å². The first-order valence-corrected chi connectivity index (χ1v) is 4.73. The van der Waals surface area contributed by atoms with Crippen LogP contribution in [0.25, 0.3) is 0 Å². The third kappa shape index (κ3) is 2.10. The summed E-state index contributed by atoms with van der Waals surface area (Å²) in [5.74, 6) is 0.464. The summed E-state index contributed by atoms with van der Waals surface area (Å²) < 4.78 is 5.02. The molecule has 1 amide bonds. The number of hydrogen-bond donors (Lipinski definition) is 1. The molecule has 7 heteroatoms. The summed E-state index contributed by atoms with van der Waals surface area (Å²) in [6.45, 7) is 1.11. The number of anilines is 1. The zero-order valence-electron chi connectivity index (χ0n) is 8.46. The summed E-state index contributed by atoms with van der Waals surface area (Å²) in [4.78, 5) is 20.0. The fourth-order valence-corrected chi connectivity index (χ4v) is 1.42. The van der Waals surface area contributed by atoms with Crippen LogP contribution in [0.15, 0.2) is 23.4 Å². The van der Waals surface area contributed by atoms with Crippen molar-refractivity contribution in [3.63, 3.8) is 0 Å². The van der Waals surface area contributed by atoms with Crippen LogP contribution >= 0.6 is 0 Å². The van der Waals surface area contributed by atoms with Crippen LogP contribution in [0.3, 0.4) is 0 Å². The molecule has 0 aromatic carbocycles. The molecule has 0 radical (unpaired) electrons. The van der Waals surface area contributed by atoms with Gasteiger partial charge in [0.15, 0.2) is 10.8 Å². The van der Waals surface area contributed by atoms with Crippen LogP contribution in [-0.2, 0) is 9.53 Å². The van der Waals surface area contributed by atoms with Gasteiger partial charge in [-0.25, -0.2) is 4.98 Å². The molecule has 1 fully saturated rings. The van der Waals surface area contributed by atoms with E-state index in [1.807, 2.05) is 0 Å². The summed E-state index contributed by atoms with van der Waals surface area (Å²) in [6.07, 6.45) is 1.47. The van der Waals surface area contributed by atoms with Crippen molar-refractivity contribution < 1.29 is 9.53 Å². The number of nitrogens with one attached hydrogen (secondary N) is 1. The van der Waals surface area contributed by atoms with Gasteiger partial charge < -0.3 is 4.74 Å². The molecule has 0 aliphatic carbocycles. The van der Waals surface area contributed by atoms with Crippen molar-refractivity contribution in [1.29, 1.82) is 5.53 Å². The minimum absolute atomic E-state index is 0.0931. The molecule has 1 aliphatic heterocycles. The Labute approximate surface area is 91.3 Å². The molecule has 82 valence electrons. The molecule has 1 aliphatic rings. The van der Waals surface area contributed by atoms with Crippen LogP contribution in [0.5, 0.6) is 0 Å². The number of morpholine rings is 1. The fourth-order valence-electron chi connectivity index (χ4n) is 1.42. The smallest absolute Gasteiger partial charge is 0.254 e. The number of amides is 1. The van der Waals surface area contributed by atoms with E-state index in [9.17, 15) is 4.79 Å². The second kappa shape index (κ2) is 4.61. The maximum absolute atomic E-state index is 11.5. The van der Waals surface area contributed by atoms with E-state index in [0.717, 1.165) is 0 Å². The Bertz CT molecular complexity index is 438. The van der Waals surface area contributed by atoms with Gasteiger partial charge in [-0.3, -0.25) is 9.69 Å². The summed E-state index contributed by atoms with van der Waals surface area (Å²) in [7, 11) is 0. The van der Waals surface area contributed by atoms with E-state index in [1.165, 1.54) is 6.20 Å². The van der Waals surface area contributed by atoms with E-state index >= 15 is 0 Å². The van der Waals surface area contributed by atoms with E-state index in [1.54, 1.807) is 17.0 Å². The summed E-state index contributed by atoms with van der Waals surface area (Å²) in [5, 5.41) is 3.51. The van der Waals surface area contributed by atoms with Gasteiger partial charge in [0, 0.05) is 0 Å². The Balaban J connectivity index is 2.20. The highest BCUT2D eigenvalue weighted by Gasteiger charge is 2.20. The quantitative estimate of drug-likeness (QED) is 0.585. The van der Waals surface area contributed by atoms with Gasteiger partial charge in [0.25, 0.3) is 5.91 Å². The minimum Gasteiger partial charge on any atom is -0.370 e. The zero-order chi connectivity index (χ0) is 11.4. The fraction of sp³-hybridized carbons (Fsp3) is 0.333. The number of nitrogens with zero attached hydrogens (tertiary/aromatic N) is 4. The first-order chi connectivity index (χ1) is 7.81. The maximum Gasteiger partial charge on any atom is 0.254 e. The van der Waals surface area contributed by atoms with Crippen molar-refractivity contribution in [2.45, 2.75) is 0 Å². The normalized spacial score (nSPS) is 15.8. The van der Waals surface area contributed by atoms with E-state index in [4.69, 9.17) is 10.3 Å². The predicted octanol–water partition coefficient (Wildman–Crippen LogP) is 0.627. The number of carbonyl (C=O) groups is 1. The maximum atomic E-state index is 11.5. The molecular weight excluding hydrogens is 210 g/mol. The SMILES string of the molecule is N=[N+]=Nc1ccc(N2CCOCC2=O)nc1. The molecule has 1 aromatic rings. The number of pyridine rings is 1. The van der Waals surface area contributed by atoms with Crippen LogP contribution in [0.4, 0.5) is 11.5 Å². The topological polar surface area (TPSA) is 92.7 Å². The average Bonchev–Trinajstić information content (AvgIpc) is 2.31. The zero-order valence-corrected chi connectivity index (χ0v) is 8.46. The summed E-state index contributed by atoms with van der Waals surface area (Å²) in [6, 6.07) is 3.33. The predicted molar refractivity (Wildman–Crippen MR) is 54.4 cm³/mol. The van der Waals surface area contributed by atoms with Crippen LogP contribution in [0.2, 0.25) is 0 Å². The summed E-state index contributed by atoms with van der Waals surface area (Å²) in [5.41, 5.74) is 7.06. The van der Waals surface area contributed by atoms with E-state index < -0.39 is 0 Å². The molecule has 0 saturated carbocycles. The van der Waals surface area contributed by atoms with Crippen LogP contribution in [-0.4, -0.2) is 30.6 Å². The van der Waals surface area contributed by atoms with Crippen molar-refractivity contribution in [3.8, 4) is 0 Å².